The minimum atomic E-state index is -0.142. The lowest BCUT2D eigenvalue weighted by atomic mass is 10.0. The third-order valence-corrected chi connectivity index (χ3v) is 2.97. The smallest absolute Gasteiger partial charge is 0.251 e. The zero-order chi connectivity index (χ0) is 13.1. The van der Waals surface area contributed by atoms with Gasteiger partial charge in [-0.3, -0.25) is 4.79 Å². The van der Waals surface area contributed by atoms with Gasteiger partial charge in [0.1, 0.15) is 0 Å². The summed E-state index contributed by atoms with van der Waals surface area (Å²) in [6, 6.07) is 19.7. The minimum Gasteiger partial charge on any atom is -0.313 e. The summed E-state index contributed by atoms with van der Waals surface area (Å²) in [4.78, 5) is 17.9. The number of aromatic nitrogens is 2. The molecule has 0 amide bonds. The van der Waals surface area contributed by atoms with Crippen molar-refractivity contribution in [3.05, 3.63) is 77.3 Å². The van der Waals surface area contributed by atoms with Crippen LogP contribution in [0.3, 0.4) is 0 Å². The van der Waals surface area contributed by atoms with Crippen LogP contribution in [0, 0.1) is 0 Å². The average molecular weight is 248 g/mol. The number of aromatic amines is 1. The van der Waals surface area contributed by atoms with Crippen molar-refractivity contribution in [1.82, 2.24) is 9.97 Å². The molecule has 1 heterocycles. The molecule has 0 aliphatic carbocycles. The molecule has 0 radical (unpaired) electrons. The normalized spacial score (nSPS) is 10.3. The van der Waals surface area contributed by atoms with Crippen LogP contribution < -0.4 is 5.56 Å². The monoisotopic (exact) mass is 248 g/mol. The molecule has 0 aliphatic rings. The van der Waals surface area contributed by atoms with Crippen molar-refractivity contribution >= 4 is 0 Å². The Kier molecular flexibility index (Phi) is 2.94. The molecule has 3 rings (SSSR count). The first-order valence-corrected chi connectivity index (χ1v) is 6.03. The lowest BCUT2D eigenvalue weighted by Gasteiger charge is -2.03. The summed E-state index contributed by atoms with van der Waals surface area (Å²) in [6.45, 7) is 0. The summed E-state index contributed by atoms with van der Waals surface area (Å²) in [5, 5.41) is 0. The quantitative estimate of drug-likeness (QED) is 0.757. The Bertz CT molecular complexity index is 730. The predicted octanol–water partition coefficient (Wildman–Crippen LogP) is 3.10. The number of nitrogens with one attached hydrogen (secondary N) is 1. The molecule has 0 bridgehead atoms. The van der Waals surface area contributed by atoms with E-state index in [1.807, 2.05) is 42.5 Å². The van der Waals surface area contributed by atoms with Gasteiger partial charge < -0.3 is 4.98 Å². The Balaban J connectivity index is 1.98. The van der Waals surface area contributed by atoms with Crippen molar-refractivity contribution < 1.29 is 0 Å². The van der Waals surface area contributed by atoms with Crippen molar-refractivity contribution in [3.8, 4) is 22.4 Å². The van der Waals surface area contributed by atoms with Crippen molar-refractivity contribution in [1.29, 1.82) is 0 Å². The van der Waals surface area contributed by atoms with Gasteiger partial charge in [0.15, 0.2) is 0 Å². The Morgan fingerprint density at radius 1 is 0.789 bits per heavy atom. The molecule has 0 saturated carbocycles. The van der Waals surface area contributed by atoms with E-state index in [0.717, 1.165) is 11.1 Å². The van der Waals surface area contributed by atoms with Gasteiger partial charge in [-0.25, -0.2) is 4.98 Å². The molecule has 1 N–H and O–H groups in total. The van der Waals surface area contributed by atoms with Crippen LogP contribution in [0.15, 0.2) is 71.8 Å². The highest BCUT2D eigenvalue weighted by molar-refractivity contribution is 5.68. The maximum absolute atomic E-state index is 11.3. The van der Waals surface area contributed by atoms with Gasteiger partial charge in [-0.15, -0.1) is 0 Å². The summed E-state index contributed by atoms with van der Waals surface area (Å²) in [6.07, 6.45) is 1.42. The molecule has 0 atom stereocenters. The van der Waals surface area contributed by atoms with Crippen LogP contribution in [0.5, 0.6) is 0 Å². The Labute approximate surface area is 110 Å². The maximum Gasteiger partial charge on any atom is 0.251 e. The molecule has 92 valence electrons. The fourth-order valence-electron chi connectivity index (χ4n) is 1.99. The highest BCUT2D eigenvalue weighted by Crippen LogP contribution is 2.22. The fourth-order valence-corrected chi connectivity index (χ4v) is 1.99. The lowest BCUT2D eigenvalue weighted by Crippen LogP contribution is -2.04. The summed E-state index contributed by atoms with van der Waals surface area (Å²) < 4.78 is 0. The van der Waals surface area contributed by atoms with Crippen LogP contribution in [0.25, 0.3) is 22.4 Å². The van der Waals surface area contributed by atoms with Crippen LogP contribution >= 0.6 is 0 Å². The van der Waals surface area contributed by atoms with Gasteiger partial charge in [-0.05, 0) is 11.1 Å². The highest BCUT2D eigenvalue weighted by Gasteiger charge is 2.01. The van der Waals surface area contributed by atoms with E-state index in [0.29, 0.717) is 5.69 Å². The van der Waals surface area contributed by atoms with Gasteiger partial charge >= 0.3 is 0 Å². The summed E-state index contributed by atoms with van der Waals surface area (Å²) >= 11 is 0. The lowest BCUT2D eigenvalue weighted by molar-refractivity contribution is 1.12. The molecule has 3 aromatic rings. The van der Waals surface area contributed by atoms with E-state index in [9.17, 15) is 4.79 Å². The Morgan fingerprint density at radius 3 is 2.11 bits per heavy atom. The zero-order valence-corrected chi connectivity index (χ0v) is 10.2. The minimum absolute atomic E-state index is 0.142. The van der Waals surface area contributed by atoms with Gasteiger partial charge in [-0.1, -0.05) is 54.6 Å². The van der Waals surface area contributed by atoms with Gasteiger partial charge in [-0.2, -0.15) is 0 Å². The summed E-state index contributed by atoms with van der Waals surface area (Å²) in [7, 11) is 0. The highest BCUT2D eigenvalue weighted by atomic mass is 16.1. The van der Waals surface area contributed by atoms with Crippen LogP contribution in [-0.2, 0) is 0 Å². The SMILES string of the molecule is O=c1cc(-c2ccc(-c3ccccc3)cc2)nc[nH]1. The summed E-state index contributed by atoms with van der Waals surface area (Å²) in [5.41, 5.74) is 3.80. The largest absolute Gasteiger partial charge is 0.313 e. The number of nitrogens with zero attached hydrogens (tertiary/aromatic N) is 1. The van der Waals surface area contributed by atoms with Crippen LogP contribution in [0.1, 0.15) is 0 Å². The van der Waals surface area contributed by atoms with Gasteiger partial charge in [0.2, 0.25) is 0 Å². The molecule has 3 nitrogen and oxygen atoms in total. The predicted molar refractivity (Wildman–Crippen MR) is 75.7 cm³/mol. The van der Waals surface area contributed by atoms with Gasteiger partial charge in [0.25, 0.3) is 5.56 Å². The maximum atomic E-state index is 11.3. The Hall–Kier alpha value is -2.68. The third-order valence-electron chi connectivity index (χ3n) is 2.97. The molecule has 0 aliphatic heterocycles. The molecule has 2 aromatic carbocycles. The third kappa shape index (κ3) is 2.45. The number of hydrogen-bond acceptors (Lipinski definition) is 2. The second kappa shape index (κ2) is 4.90. The second-order valence-corrected chi connectivity index (χ2v) is 4.24. The van der Waals surface area contributed by atoms with Crippen LogP contribution in [-0.4, -0.2) is 9.97 Å². The van der Waals surface area contributed by atoms with E-state index >= 15 is 0 Å². The van der Waals surface area contributed by atoms with E-state index in [1.165, 1.54) is 18.0 Å². The molecular weight excluding hydrogens is 236 g/mol. The van der Waals surface area contributed by atoms with Crippen LogP contribution in [0.2, 0.25) is 0 Å². The first-order chi connectivity index (χ1) is 9.33. The van der Waals surface area contributed by atoms with Gasteiger partial charge in [0, 0.05) is 11.6 Å². The first-order valence-electron chi connectivity index (χ1n) is 6.03. The molecule has 1 aromatic heterocycles. The zero-order valence-electron chi connectivity index (χ0n) is 10.2. The molecule has 0 fully saturated rings. The number of hydrogen-bond donors (Lipinski definition) is 1. The number of rotatable bonds is 2. The van der Waals surface area contributed by atoms with E-state index < -0.39 is 0 Å². The van der Waals surface area contributed by atoms with Crippen molar-refractivity contribution in [3.63, 3.8) is 0 Å². The molecule has 3 heteroatoms. The molecule has 0 spiro atoms. The van der Waals surface area contributed by atoms with E-state index in [2.05, 4.69) is 22.1 Å². The number of H-pyrrole nitrogens is 1. The average Bonchev–Trinajstić information content (AvgIpc) is 2.48. The van der Waals surface area contributed by atoms with Crippen molar-refractivity contribution in [2.45, 2.75) is 0 Å². The fraction of sp³-hybridized carbons (Fsp3) is 0. The van der Waals surface area contributed by atoms with E-state index in [1.54, 1.807) is 0 Å². The first kappa shape index (κ1) is 11.4. The molecule has 0 saturated heterocycles. The molecular formula is C16H12N2O. The van der Waals surface area contributed by atoms with E-state index in [-0.39, 0.29) is 5.56 Å². The molecule has 0 unspecified atom stereocenters. The summed E-state index contributed by atoms with van der Waals surface area (Å²) in [5.74, 6) is 0. The Morgan fingerprint density at radius 2 is 1.42 bits per heavy atom. The second-order valence-electron chi connectivity index (χ2n) is 4.24. The van der Waals surface area contributed by atoms with Crippen molar-refractivity contribution in [2.75, 3.05) is 0 Å². The topological polar surface area (TPSA) is 45.8 Å². The van der Waals surface area contributed by atoms with Crippen molar-refractivity contribution in [2.24, 2.45) is 0 Å². The number of benzene rings is 2. The van der Waals surface area contributed by atoms with E-state index in [4.69, 9.17) is 0 Å². The molecule has 19 heavy (non-hydrogen) atoms. The van der Waals surface area contributed by atoms with Gasteiger partial charge in [0.05, 0.1) is 12.0 Å². The standard InChI is InChI=1S/C16H12N2O/c19-16-10-15(17-11-18-16)14-8-6-13(7-9-14)12-4-2-1-3-5-12/h1-11H,(H,17,18,19). The van der Waals surface area contributed by atoms with Crippen LogP contribution in [0.4, 0.5) is 0 Å².